The quantitative estimate of drug-likeness (QED) is 0.417. The molecule has 1 amide bonds. The molecule has 0 radical (unpaired) electrons. The molecule has 4 rings (SSSR count). The van der Waals surface area contributed by atoms with Crippen molar-refractivity contribution in [3.8, 4) is 5.69 Å². The second-order valence-corrected chi connectivity index (χ2v) is 9.75. The molecule has 6 nitrogen and oxygen atoms in total. The first-order valence-corrected chi connectivity index (χ1v) is 12.1. The van der Waals surface area contributed by atoms with E-state index in [1.807, 2.05) is 43.0 Å². The predicted molar refractivity (Wildman–Crippen MR) is 131 cm³/mol. The van der Waals surface area contributed by atoms with Gasteiger partial charge in [0.05, 0.1) is 21.8 Å². The van der Waals surface area contributed by atoms with E-state index in [1.165, 1.54) is 11.8 Å². The van der Waals surface area contributed by atoms with Gasteiger partial charge < -0.3 is 9.80 Å². The second-order valence-electron chi connectivity index (χ2n) is 8.00. The van der Waals surface area contributed by atoms with Crippen LogP contribution >= 0.6 is 23.4 Å². The highest BCUT2D eigenvalue weighted by Gasteiger charge is 2.27. The van der Waals surface area contributed by atoms with Gasteiger partial charge in [-0.1, -0.05) is 48.5 Å². The number of thioether (sulfide) groups is 1. The van der Waals surface area contributed by atoms with Crippen molar-refractivity contribution in [2.45, 2.75) is 31.2 Å². The number of hydrogen-bond acceptors (Lipinski definition) is 5. The molecule has 0 saturated carbocycles. The lowest BCUT2D eigenvalue weighted by Crippen LogP contribution is -2.50. The highest BCUT2D eigenvalue weighted by atomic mass is 35.5. The van der Waals surface area contributed by atoms with Crippen molar-refractivity contribution in [2.75, 3.05) is 32.7 Å². The van der Waals surface area contributed by atoms with E-state index < -0.39 is 0 Å². The van der Waals surface area contributed by atoms with Gasteiger partial charge in [-0.15, -0.1) is 0 Å². The van der Waals surface area contributed by atoms with Crippen LogP contribution in [0.1, 0.15) is 19.4 Å². The third-order valence-corrected chi connectivity index (χ3v) is 7.19. The van der Waals surface area contributed by atoms with E-state index in [4.69, 9.17) is 16.6 Å². The van der Waals surface area contributed by atoms with E-state index in [0.29, 0.717) is 21.1 Å². The number of carbonyl (C=O) groups is 1. The lowest BCUT2D eigenvalue weighted by molar-refractivity contribution is -0.132. The van der Waals surface area contributed by atoms with E-state index in [-0.39, 0.29) is 16.7 Å². The van der Waals surface area contributed by atoms with Crippen LogP contribution in [0.3, 0.4) is 0 Å². The Morgan fingerprint density at radius 1 is 1.16 bits per heavy atom. The van der Waals surface area contributed by atoms with Crippen molar-refractivity contribution < 1.29 is 4.79 Å². The van der Waals surface area contributed by atoms with Crippen LogP contribution in [0, 0.1) is 6.92 Å². The highest BCUT2D eigenvalue weighted by Crippen LogP contribution is 2.28. The van der Waals surface area contributed by atoms with Crippen molar-refractivity contribution in [3.05, 3.63) is 63.4 Å². The Morgan fingerprint density at radius 2 is 1.88 bits per heavy atom. The van der Waals surface area contributed by atoms with Crippen molar-refractivity contribution in [2.24, 2.45) is 0 Å². The zero-order valence-corrected chi connectivity index (χ0v) is 20.1. The Hall–Kier alpha value is -2.35. The van der Waals surface area contributed by atoms with E-state index in [1.54, 1.807) is 22.8 Å². The van der Waals surface area contributed by atoms with Gasteiger partial charge in [-0.25, -0.2) is 4.98 Å². The molecule has 1 unspecified atom stereocenters. The van der Waals surface area contributed by atoms with Gasteiger partial charge in [0.25, 0.3) is 5.56 Å². The number of aryl methyl sites for hydroxylation is 1. The zero-order chi connectivity index (χ0) is 22.8. The van der Waals surface area contributed by atoms with E-state index in [9.17, 15) is 9.59 Å². The second kappa shape index (κ2) is 9.65. The standard InChI is InChI=1S/C24H27ClN4O2S/c1-4-27-11-13-28(14-12-27)22(30)17(3)32-24-26-20-15-18(25)9-10-19(20)23(31)29(24)21-8-6-5-7-16(21)2/h5-10,15,17H,4,11-14H2,1-3H3. The van der Waals surface area contributed by atoms with Crippen LogP contribution < -0.4 is 5.56 Å². The molecule has 1 saturated heterocycles. The number of carbonyl (C=O) groups excluding carboxylic acids is 1. The minimum Gasteiger partial charge on any atom is -0.339 e. The van der Waals surface area contributed by atoms with Crippen molar-refractivity contribution in [1.82, 2.24) is 19.4 Å². The molecule has 1 atom stereocenters. The van der Waals surface area contributed by atoms with Crippen LogP contribution in [-0.4, -0.2) is 63.2 Å². The summed E-state index contributed by atoms with van der Waals surface area (Å²) < 4.78 is 1.62. The van der Waals surface area contributed by atoms with Crippen LogP contribution in [-0.2, 0) is 4.79 Å². The Morgan fingerprint density at radius 3 is 2.56 bits per heavy atom. The number of fused-ring (bicyclic) bond motifs is 1. The van der Waals surface area contributed by atoms with Gasteiger partial charge in [0.15, 0.2) is 5.16 Å². The summed E-state index contributed by atoms with van der Waals surface area (Å²) in [6, 6.07) is 12.8. The summed E-state index contributed by atoms with van der Waals surface area (Å²) in [6.07, 6.45) is 0. The topological polar surface area (TPSA) is 58.4 Å². The molecule has 0 spiro atoms. The van der Waals surface area contributed by atoms with E-state index >= 15 is 0 Å². The summed E-state index contributed by atoms with van der Waals surface area (Å²) in [5.41, 5.74) is 2.09. The van der Waals surface area contributed by atoms with Crippen LogP contribution in [0.25, 0.3) is 16.6 Å². The number of para-hydroxylation sites is 1. The number of rotatable bonds is 5. The summed E-state index contributed by atoms with van der Waals surface area (Å²) in [7, 11) is 0. The van der Waals surface area contributed by atoms with Gasteiger partial charge in [-0.3, -0.25) is 14.2 Å². The molecule has 1 fully saturated rings. The fraction of sp³-hybridized carbons (Fsp3) is 0.375. The summed E-state index contributed by atoms with van der Waals surface area (Å²) >= 11 is 7.49. The molecule has 0 N–H and O–H groups in total. The van der Waals surface area contributed by atoms with Crippen molar-refractivity contribution in [1.29, 1.82) is 0 Å². The number of halogens is 1. The SMILES string of the molecule is CCN1CCN(C(=O)C(C)Sc2nc3cc(Cl)ccc3c(=O)n2-c2ccccc2C)CC1. The number of aromatic nitrogens is 2. The molecule has 0 bridgehead atoms. The molecular weight excluding hydrogens is 444 g/mol. The van der Waals surface area contributed by atoms with Gasteiger partial charge in [-0.2, -0.15) is 0 Å². The summed E-state index contributed by atoms with van der Waals surface area (Å²) in [6.45, 7) is 10.2. The Kier molecular flexibility index (Phi) is 6.88. The molecule has 32 heavy (non-hydrogen) atoms. The van der Waals surface area contributed by atoms with E-state index in [0.717, 1.165) is 44.0 Å². The maximum absolute atomic E-state index is 13.5. The fourth-order valence-corrected chi connectivity index (χ4v) is 5.16. The molecule has 1 aromatic heterocycles. The fourth-order valence-electron chi connectivity index (χ4n) is 3.99. The lowest BCUT2D eigenvalue weighted by atomic mass is 10.2. The maximum atomic E-state index is 13.5. The lowest BCUT2D eigenvalue weighted by Gasteiger charge is -2.35. The minimum absolute atomic E-state index is 0.0718. The first-order valence-electron chi connectivity index (χ1n) is 10.8. The molecule has 0 aliphatic carbocycles. The van der Waals surface area contributed by atoms with E-state index in [2.05, 4.69) is 11.8 Å². The van der Waals surface area contributed by atoms with Crippen LogP contribution in [0.2, 0.25) is 5.02 Å². The first kappa shape index (κ1) is 22.8. The number of hydrogen-bond donors (Lipinski definition) is 0. The molecule has 168 valence electrons. The van der Waals surface area contributed by atoms with Gasteiger partial charge in [0.1, 0.15) is 0 Å². The molecule has 1 aliphatic heterocycles. The third kappa shape index (κ3) is 4.56. The first-order chi connectivity index (χ1) is 15.4. The average Bonchev–Trinajstić information content (AvgIpc) is 2.79. The number of piperazine rings is 1. The average molecular weight is 471 g/mol. The van der Waals surface area contributed by atoms with Crippen LogP contribution in [0.15, 0.2) is 52.4 Å². The Labute approximate surface area is 197 Å². The molecule has 2 heterocycles. The van der Waals surface area contributed by atoms with Gasteiger partial charge in [0.2, 0.25) is 5.91 Å². The highest BCUT2D eigenvalue weighted by molar-refractivity contribution is 8.00. The van der Waals surface area contributed by atoms with Crippen molar-refractivity contribution >= 4 is 40.2 Å². The molecule has 3 aromatic rings. The molecular formula is C24H27ClN4O2S. The Bertz CT molecular complexity index is 1200. The molecule has 8 heteroatoms. The van der Waals surface area contributed by atoms with Gasteiger partial charge in [0, 0.05) is 31.2 Å². The zero-order valence-electron chi connectivity index (χ0n) is 18.5. The summed E-state index contributed by atoms with van der Waals surface area (Å²) in [5, 5.41) is 1.14. The van der Waals surface area contributed by atoms with Gasteiger partial charge >= 0.3 is 0 Å². The normalized spacial score (nSPS) is 15.8. The van der Waals surface area contributed by atoms with Gasteiger partial charge in [-0.05, 0) is 50.2 Å². The summed E-state index contributed by atoms with van der Waals surface area (Å²) in [4.78, 5) is 35.7. The number of amides is 1. The Balaban J connectivity index is 1.72. The minimum atomic E-state index is -0.373. The van der Waals surface area contributed by atoms with Crippen LogP contribution in [0.5, 0.6) is 0 Å². The predicted octanol–water partition coefficient (Wildman–Crippen LogP) is 3.99. The maximum Gasteiger partial charge on any atom is 0.266 e. The summed E-state index contributed by atoms with van der Waals surface area (Å²) in [5.74, 6) is 0.0718. The third-order valence-electron chi connectivity index (χ3n) is 5.92. The van der Waals surface area contributed by atoms with Crippen LogP contribution in [0.4, 0.5) is 0 Å². The molecule has 2 aromatic carbocycles. The number of nitrogens with zero attached hydrogens (tertiary/aromatic N) is 4. The molecule has 1 aliphatic rings. The van der Waals surface area contributed by atoms with Crippen molar-refractivity contribution in [3.63, 3.8) is 0 Å². The number of likely N-dealkylation sites (N-methyl/N-ethyl adjacent to an activating group) is 1. The monoisotopic (exact) mass is 470 g/mol. The smallest absolute Gasteiger partial charge is 0.266 e. The largest absolute Gasteiger partial charge is 0.339 e. The number of benzene rings is 2.